The number of carbonyl (C=O) groups is 3. The van der Waals surface area contributed by atoms with E-state index in [1.165, 1.54) is 12.5 Å². The number of amides is 2. The molecule has 12 nitrogen and oxygen atoms in total. The summed E-state index contributed by atoms with van der Waals surface area (Å²) in [6.45, 7) is 0. The van der Waals surface area contributed by atoms with E-state index >= 15 is 0 Å². The van der Waals surface area contributed by atoms with Crippen LogP contribution in [0.1, 0.15) is 12.1 Å². The van der Waals surface area contributed by atoms with Gasteiger partial charge in [-0.25, -0.2) is 9.78 Å². The third kappa shape index (κ3) is 3.54. The normalized spacial score (nSPS) is 24.4. The Balaban J connectivity index is 1.76. The average Bonchev–Trinajstić information content (AvgIpc) is 3.02. The molecule has 0 aliphatic carbocycles. The third-order valence-corrected chi connectivity index (χ3v) is 4.59. The van der Waals surface area contributed by atoms with Crippen LogP contribution in [-0.4, -0.2) is 69.1 Å². The summed E-state index contributed by atoms with van der Waals surface area (Å²) in [7, 11) is 1.25. The predicted octanol–water partition coefficient (Wildman–Crippen LogP) is -0.928. The van der Waals surface area contributed by atoms with Crippen molar-refractivity contribution in [2.75, 3.05) is 12.8 Å². The first-order valence-electron chi connectivity index (χ1n) is 7.59. The Morgan fingerprint density at radius 1 is 1.52 bits per heavy atom. The summed E-state index contributed by atoms with van der Waals surface area (Å²) in [4.78, 5) is 45.3. The second kappa shape index (κ2) is 7.20. The Labute approximate surface area is 155 Å². The number of anilines is 1. The number of β-lactam (4-membered cyclic amide) rings is 1. The first kappa shape index (κ1) is 18.6. The molecule has 13 heteroatoms. The predicted molar refractivity (Wildman–Crippen MR) is 90.5 cm³/mol. The lowest BCUT2D eigenvalue weighted by molar-refractivity contribution is -0.156. The second-order valence-corrected chi connectivity index (χ2v) is 6.49. The number of rotatable bonds is 5. The highest BCUT2D eigenvalue weighted by Crippen LogP contribution is 2.34. The zero-order chi connectivity index (χ0) is 19.7. The zero-order valence-electron chi connectivity index (χ0n) is 13.9. The van der Waals surface area contributed by atoms with Gasteiger partial charge in [0, 0.05) is 17.9 Å². The maximum atomic E-state index is 12.5. The number of ether oxygens (including phenoxy) is 1. The smallest absolute Gasteiger partial charge is 0.449 e. The number of hydrogen-bond acceptors (Lipinski definition) is 10. The van der Waals surface area contributed by atoms with Crippen molar-refractivity contribution in [3.8, 4) is 0 Å². The van der Waals surface area contributed by atoms with E-state index < -0.39 is 36.2 Å². The summed E-state index contributed by atoms with van der Waals surface area (Å²) in [6, 6.07) is -1.66. The molecule has 0 spiro atoms. The van der Waals surface area contributed by atoms with Gasteiger partial charge in [0.05, 0.1) is 12.1 Å². The molecule has 0 bridgehead atoms. The number of nitrogens with zero attached hydrogens (tertiary/aromatic N) is 3. The third-order valence-electron chi connectivity index (χ3n) is 3.92. The van der Waals surface area contributed by atoms with Gasteiger partial charge in [-0.15, -0.1) is 11.3 Å². The molecule has 0 saturated carbocycles. The fourth-order valence-corrected chi connectivity index (χ4v) is 3.40. The van der Waals surface area contributed by atoms with Crippen LogP contribution in [0.15, 0.2) is 22.5 Å². The fourth-order valence-electron chi connectivity index (χ4n) is 2.85. The SMILES string of the molecule is CON=C(C(=O)N[C@H]1C(=O)N2C(OC(=O)O)=C[C@H](O)CC12)c1csc(N)n1. The molecule has 0 radical (unpaired) electrons. The number of oxime groups is 1. The van der Waals surface area contributed by atoms with Crippen LogP contribution < -0.4 is 11.1 Å². The highest BCUT2D eigenvalue weighted by Gasteiger charge is 2.53. The quantitative estimate of drug-likeness (QED) is 0.211. The molecule has 1 unspecified atom stereocenters. The molecule has 1 aromatic heterocycles. The first-order chi connectivity index (χ1) is 12.8. The van der Waals surface area contributed by atoms with Crippen LogP contribution in [-0.2, 0) is 19.2 Å². The molecule has 5 N–H and O–H groups in total. The van der Waals surface area contributed by atoms with E-state index in [2.05, 4.69) is 25.0 Å². The molecule has 27 heavy (non-hydrogen) atoms. The monoisotopic (exact) mass is 397 g/mol. The van der Waals surface area contributed by atoms with Crippen molar-refractivity contribution in [1.29, 1.82) is 0 Å². The van der Waals surface area contributed by atoms with Gasteiger partial charge in [0.2, 0.25) is 5.88 Å². The number of thiazole rings is 1. The zero-order valence-corrected chi connectivity index (χ0v) is 14.7. The molecule has 3 heterocycles. The molecular formula is C14H15N5O7S. The van der Waals surface area contributed by atoms with E-state index in [-0.39, 0.29) is 28.8 Å². The van der Waals surface area contributed by atoms with Crippen molar-refractivity contribution in [2.24, 2.45) is 5.16 Å². The Bertz CT molecular complexity index is 851. The van der Waals surface area contributed by atoms with Gasteiger partial charge in [-0.05, 0) is 0 Å². The number of carboxylic acid groups (broad SMARTS) is 1. The molecule has 2 amide bonds. The molecular weight excluding hydrogens is 382 g/mol. The van der Waals surface area contributed by atoms with Crippen LogP contribution in [0, 0.1) is 0 Å². The number of aliphatic hydroxyl groups is 1. The maximum Gasteiger partial charge on any atom is 0.512 e. The van der Waals surface area contributed by atoms with Crippen LogP contribution in [0.2, 0.25) is 0 Å². The lowest BCUT2D eigenvalue weighted by Crippen LogP contribution is -2.72. The van der Waals surface area contributed by atoms with Crippen molar-refractivity contribution in [2.45, 2.75) is 24.6 Å². The van der Waals surface area contributed by atoms with E-state index in [1.807, 2.05) is 0 Å². The summed E-state index contributed by atoms with van der Waals surface area (Å²) in [5.74, 6) is -1.60. The summed E-state index contributed by atoms with van der Waals surface area (Å²) in [5.41, 5.74) is 5.56. The minimum atomic E-state index is -1.62. The van der Waals surface area contributed by atoms with Crippen LogP contribution in [0.4, 0.5) is 9.93 Å². The first-order valence-corrected chi connectivity index (χ1v) is 8.47. The molecule has 1 aromatic rings. The number of carbonyl (C=O) groups excluding carboxylic acids is 2. The van der Waals surface area contributed by atoms with Gasteiger partial charge < -0.3 is 30.8 Å². The van der Waals surface area contributed by atoms with Crippen molar-refractivity contribution < 1.29 is 34.2 Å². The number of nitrogens with one attached hydrogen (secondary N) is 1. The molecule has 1 fully saturated rings. The summed E-state index contributed by atoms with van der Waals surface area (Å²) < 4.78 is 4.52. The maximum absolute atomic E-state index is 12.5. The Hall–Kier alpha value is -3.19. The summed E-state index contributed by atoms with van der Waals surface area (Å²) in [5, 5.41) is 26.4. The van der Waals surface area contributed by atoms with Crippen molar-refractivity contribution in [3.05, 3.63) is 23.0 Å². The summed E-state index contributed by atoms with van der Waals surface area (Å²) in [6.07, 6.45) is -1.43. The van der Waals surface area contributed by atoms with Gasteiger partial charge in [0.25, 0.3) is 11.8 Å². The molecule has 144 valence electrons. The number of aromatic nitrogens is 1. The Morgan fingerprint density at radius 3 is 2.85 bits per heavy atom. The minimum absolute atomic E-state index is 0.101. The van der Waals surface area contributed by atoms with Crippen LogP contribution in [0.3, 0.4) is 0 Å². The fraction of sp³-hybridized carbons (Fsp3) is 0.357. The Morgan fingerprint density at radius 2 is 2.26 bits per heavy atom. The van der Waals surface area contributed by atoms with Crippen LogP contribution >= 0.6 is 11.3 Å². The molecule has 2 aliphatic heterocycles. The van der Waals surface area contributed by atoms with Gasteiger partial charge in [-0.2, -0.15) is 0 Å². The van der Waals surface area contributed by atoms with E-state index in [4.69, 9.17) is 10.8 Å². The number of aliphatic hydroxyl groups excluding tert-OH is 1. The van der Waals surface area contributed by atoms with Gasteiger partial charge in [-0.3, -0.25) is 14.5 Å². The highest BCUT2D eigenvalue weighted by atomic mass is 32.1. The number of nitrogens with two attached hydrogens (primary N) is 1. The molecule has 2 aliphatic rings. The molecule has 3 atom stereocenters. The molecule has 0 aromatic carbocycles. The standard InChI is InChI=1S/C14H15N5O7S/c1-25-18-9(6-4-27-13(15)16-6)11(21)17-10-7-2-5(20)3-8(26-14(23)24)19(7)12(10)22/h3-5,7,10,20H,2H2,1H3,(H2,15,16)(H,17,21)(H,23,24)/t5-,7?,10-/m1/s1. The van der Waals surface area contributed by atoms with Crippen molar-refractivity contribution >= 4 is 40.1 Å². The molecule has 3 rings (SSSR count). The number of fused-ring (bicyclic) bond motifs is 1. The van der Waals surface area contributed by atoms with Crippen molar-refractivity contribution in [3.63, 3.8) is 0 Å². The van der Waals surface area contributed by atoms with Gasteiger partial charge >= 0.3 is 6.16 Å². The van der Waals surface area contributed by atoms with Gasteiger partial charge in [0.15, 0.2) is 10.8 Å². The Kier molecular flexibility index (Phi) is 4.96. The van der Waals surface area contributed by atoms with Gasteiger partial charge in [-0.1, -0.05) is 5.16 Å². The highest BCUT2D eigenvalue weighted by molar-refractivity contribution is 7.13. The lowest BCUT2D eigenvalue weighted by atomic mass is 9.87. The van der Waals surface area contributed by atoms with E-state index in [0.717, 1.165) is 22.3 Å². The number of nitrogen functional groups attached to an aromatic ring is 1. The van der Waals surface area contributed by atoms with E-state index in [0.29, 0.717) is 0 Å². The molecule has 1 saturated heterocycles. The topological polar surface area (TPSA) is 177 Å². The largest absolute Gasteiger partial charge is 0.512 e. The van der Waals surface area contributed by atoms with Crippen LogP contribution in [0.25, 0.3) is 0 Å². The van der Waals surface area contributed by atoms with Crippen molar-refractivity contribution in [1.82, 2.24) is 15.2 Å². The second-order valence-electron chi connectivity index (χ2n) is 5.60. The van der Waals surface area contributed by atoms with E-state index in [1.54, 1.807) is 0 Å². The summed E-state index contributed by atoms with van der Waals surface area (Å²) >= 11 is 1.10. The lowest BCUT2D eigenvalue weighted by Gasteiger charge is -2.49. The van der Waals surface area contributed by atoms with Gasteiger partial charge in [0.1, 0.15) is 18.8 Å². The van der Waals surface area contributed by atoms with E-state index in [9.17, 15) is 19.5 Å². The number of hydrogen-bond donors (Lipinski definition) is 4. The minimum Gasteiger partial charge on any atom is -0.449 e. The van der Waals surface area contributed by atoms with Crippen LogP contribution in [0.5, 0.6) is 0 Å². The average molecular weight is 397 g/mol.